The summed E-state index contributed by atoms with van der Waals surface area (Å²) in [4.78, 5) is 10.9. The van der Waals surface area contributed by atoms with Crippen LogP contribution >= 0.6 is 0 Å². The molecule has 2 N–H and O–H groups in total. The van der Waals surface area contributed by atoms with E-state index in [0.717, 1.165) is 5.56 Å². The Hall–Kier alpha value is -2.79. The number of phenols is 1. The minimum atomic E-state index is -5.84. The molecule has 148 valence electrons. The van der Waals surface area contributed by atoms with Gasteiger partial charge in [-0.3, -0.25) is 9.35 Å². The number of alkyl halides is 3. The van der Waals surface area contributed by atoms with Crippen LogP contribution in [0.4, 0.5) is 13.2 Å². The van der Waals surface area contributed by atoms with E-state index in [4.69, 9.17) is 22.4 Å². The zero-order valence-corrected chi connectivity index (χ0v) is 14.6. The minimum absolute atomic E-state index is 0.0122. The van der Waals surface area contributed by atoms with E-state index >= 15 is 0 Å². The van der Waals surface area contributed by atoms with Crippen molar-refractivity contribution in [2.24, 2.45) is 0 Å². The Morgan fingerprint density at radius 1 is 1.07 bits per heavy atom. The summed E-state index contributed by atoms with van der Waals surface area (Å²) in [6.45, 7) is 1.68. The fourth-order valence-corrected chi connectivity index (χ4v) is 1.61. The second-order valence-corrected chi connectivity index (χ2v) is 6.36. The van der Waals surface area contributed by atoms with Crippen LogP contribution in [0.15, 0.2) is 48.5 Å². The van der Waals surface area contributed by atoms with Crippen LogP contribution in [0.1, 0.15) is 12.5 Å². The lowest BCUT2D eigenvalue weighted by Crippen LogP contribution is -2.21. The van der Waals surface area contributed by atoms with Gasteiger partial charge in [0.2, 0.25) is 0 Å². The Balaban J connectivity index is 0.000000387. The summed E-state index contributed by atoms with van der Waals surface area (Å²) < 4.78 is 68.0. The molecule has 0 spiro atoms. The number of aromatic hydroxyl groups is 1. The third-order valence-electron chi connectivity index (χ3n) is 2.67. The number of rotatable bonds is 4. The third kappa shape index (κ3) is 8.42. The summed E-state index contributed by atoms with van der Waals surface area (Å²) in [5, 5.41) is 9.53. The highest BCUT2D eigenvalue weighted by atomic mass is 32.2. The SMILES string of the molecule is CC(=O)Oc1cc(O)cc(OCc2ccccc2)c1.O=S(=O)(O)C(F)(F)F. The number of esters is 1. The molecule has 0 saturated carbocycles. The van der Waals surface area contributed by atoms with Crippen molar-refractivity contribution in [1.29, 1.82) is 0 Å². The zero-order chi connectivity index (χ0) is 20.7. The maximum atomic E-state index is 10.9. The van der Waals surface area contributed by atoms with E-state index in [1.54, 1.807) is 6.07 Å². The van der Waals surface area contributed by atoms with Crippen molar-refractivity contribution in [3.05, 3.63) is 54.1 Å². The molecule has 0 amide bonds. The highest BCUT2D eigenvalue weighted by molar-refractivity contribution is 7.86. The van der Waals surface area contributed by atoms with Gasteiger partial charge < -0.3 is 14.6 Å². The van der Waals surface area contributed by atoms with Crippen molar-refractivity contribution in [1.82, 2.24) is 0 Å². The van der Waals surface area contributed by atoms with Gasteiger partial charge in [-0.2, -0.15) is 21.6 Å². The number of ether oxygens (including phenoxy) is 2. The Morgan fingerprint density at radius 3 is 2.07 bits per heavy atom. The first-order valence-electron chi connectivity index (χ1n) is 7.11. The van der Waals surface area contributed by atoms with Gasteiger partial charge in [0, 0.05) is 25.1 Å². The number of carbonyl (C=O) groups is 1. The molecule has 2 rings (SSSR count). The van der Waals surface area contributed by atoms with E-state index in [-0.39, 0.29) is 11.5 Å². The van der Waals surface area contributed by atoms with Gasteiger partial charge in [-0.15, -0.1) is 0 Å². The topological polar surface area (TPSA) is 110 Å². The van der Waals surface area contributed by atoms with Gasteiger partial charge in [0.15, 0.2) is 0 Å². The summed E-state index contributed by atoms with van der Waals surface area (Å²) in [6.07, 6.45) is 0. The molecule has 0 aliphatic carbocycles. The molecule has 0 fully saturated rings. The number of phenolic OH excluding ortho intramolecular Hbond substituents is 1. The molecule has 2 aromatic rings. The van der Waals surface area contributed by atoms with Gasteiger partial charge in [0.25, 0.3) is 0 Å². The van der Waals surface area contributed by atoms with Crippen LogP contribution in [0.25, 0.3) is 0 Å². The number of benzene rings is 2. The standard InChI is InChI=1S/C15H14O4.CHF3O3S/c1-11(16)19-15-8-13(17)7-14(9-15)18-10-12-5-3-2-4-6-12;2-1(3,4)8(5,6)7/h2-9,17H,10H2,1H3;(H,5,6,7). The highest BCUT2D eigenvalue weighted by Crippen LogP contribution is 2.27. The average molecular weight is 408 g/mol. The van der Waals surface area contributed by atoms with Crippen LogP contribution in [0.5, 0.6) is 17.2 Å². The van der Waals surface area contributed by atoms with Gasteiger partial charge in [0.1, 0.15) is 23.9 Å². The number of halogens is 3. The normalized spacial score (nSPS) is 11.1. The lowest BCUT2D eigenvalue weighted by molar-refractivity contribution is -0.131. The largest absolute Gasteiger partial charge is 0.522 e. The van der Waals surface area contributed by atoms with Crippen LogP contribution in [-0.2, 0) is 21.5 Å². The Bertz CT molecular complexity index is 865. The van der Waals surface area contributed by atoms with Gasteiger partial charge >= 0.3 is 21.6 Å². The monoisotopic (exact) mass is 408 g/mol. The van der Waals surface area contributed by atoms with Crippen LogP contribution in [-0.4, -0.2) is 29.6 Å². The lowest BCUT2D eigenvalue weighted by Gasteiger charge is -2.09. The molecule has 11 heteroatoms. The molecular formula is C16H15F3O7S. The summed E-state index contributed by atoms with van der Waals surface area (Å²) in [5.74, 6) is 0.247. The molecule has 0 radical (unpaired) electrons. The Kier molecular flexibility index (Phi) is 7.61. The van der Waals surface area contributed by atoms with Crippen molar-refractivity contribution < 1.29 is 45.5 Å². The molecule has 0 atom stereocenters. The predicted molar refractivity (Wildman–Crippen MR) is 87.8 cm³/mol. The van der Waals surface area contributed by atoms with Crippen LogP contribution in [0.2, 0.25) is 0 Å². The molecule has 27 heavy (non-hydrogen) atoms. The lowest BCUT2D eigenvalue weighted by atomic mass is 10.2. The van der Waals surface area contributed by atoms with Crippen LogP contribution in [0.3, 0.4) is 0 Å². The fourth-order valence-electron chi connectivity index (χ4n) is 1.61. The van der Waals surface area contributed by atoms with Crippen molar-refractivity contribution in [2.75, 3.05) is 0 Å². The van der Waals surface area contributed by atoms with Gasteiger partial charge in [0.05, 0.1) is 0 Å². The fraction of sp³-hybridized carbons (Fsp3) is 0.188. The molecule has 2 aromatic carbocycles. The Morgan fingerprint density at radius 2 is 1.59 bits per heavy atom. The number of hydrogen-bond donors (Lipinski definition) is 2. The molecule has 0 heterocycles. The van der Waals surface area contributed by atoms with E-state index in [9.17, 15) is 23.1 Å². The van der Waals surface area contributed by atoms with Crippen molar-refractivity contribution in [2.45, 2.75) is 19.0 Å². The first-order chi connectivity index (χ1) is 12.4. The van der Waals surface area contributed by atoms with E-state index in [1.165, 1.54) is 19.1 Å². The minimum Gasteiger partial charge on any atom is -0.508 e. The maximum Gasteiger partial charge on any atom is 0.522 e. The molecular weight excluding hydrogens is 393 g/mol. The molecule has 0 unspecified atom stereocenters. The summed E-state index contributed by atoms with van der Waals surface area (Å²) >= 11 is 0. The molecule has 0 bridgehead atoms. The van der Waals surface area contributed by atoms with E-state index < -0.39 is 21.6 Å². The highest BCUT2D eigenvalue weighted by Gasteiger charge is 2.44. The zero-order valence-electron chi connectivity index (χ0n) is 13.8. The molecule has 0 aliphatic heterocycles. The van der Waals surface area contributed by atoms with Crippen LogP contribution < -0.4 is 9.47 Å². The number of carbonyl (C=O) groups excluding carboxylic acids is 1. The van der Waals surface area contributed by atoms with Crippen LogP contribution in [0, 0.1) is 0 Å². The van der Waals surface area contributed by atoms with E-state index in [1.807, 2.05) is 30.3 Å². The van der Waals surface area contributed by atoms with Gasteiger partial charge in [-0.1, -0.05) is 30.3 Å². The summed E-state index contributed by atoms with van der Waals surface area (Å²) in [7, 11) is -5.84. The van der Waals surface area contributed by atoms with Crippen molar-refractivity contribution in [3.63, 3.8) is 0 Å². The average Bonchev–Trinajstić information content (AvgIpc) is 2.51. The molecule has 7 nitrogen and oxygen atoms in total. The predicted octanol–water partition coefficient (Wildman–Crippen LogP) is 3.29. The van der Waals surface area contributed by atoms with Crippen molar-refractivity contribution in [3.8, 4) is 17.2 Å². The first kappa shape index (κ1) is 22.3. The molecule has 0 saturated heterocycles. The van der Waals surface area contributed by atoms with Gasteiger partial charge in [-0.25, -0.2) is 0 Å². The summed E-state index contributed by atoms with van der Waals surface area (Å²) in [6, 6.07) is 14.0. The quantitative estimate of drug-likeness (QED) is 0.346. The second-order valence-electron chi connectivity index (χ2n) is 4.95. The second kappa shape index (κ2) is 9.24. The molecule has 0 aromatic heterocycles. The Labute approximate surface area is 152 Å². The van der Waals surface area contributed by atoms with Crippen molar-refractivity contribution >= 4 is 16.1 Å². The maximum absolute atomic E-state index is 10.9. The third-order valence-corrected chi connectivity index (χ3v) is 3.25. The molecule has 0 aliphatic rings. The van der Waals surface area contributed by atoms with Gasteiger partial charge in [-0.05, 0) is 5.56 Å². The van der Waals surface area contributed by atoms with E-state index in [2.05, 4.69) is 0 Å². The smallest absolute Gasteiger partial charge is 0.508 e. The summed E-state index contributed by atoms with van der Waals surface area (Å²) in [5.41, 5.74) is -4.52. The van der Waals surface area contributed by atoms with E-state index in [0.29, 0.717) is 12.4 Å². The number of hydrogen-bond acceptors (Lipinski definition) is 6. The first-order valence-corrected chi connectivity index (χ1v) is 8.55.